The first kappa shape index (κ1) is 21.8. The summed E-state index contributed by atoms with van der Waals surface area (Å²) in [6, 6.07) is 8.38. The molecule has 0 saturated carbocycles. The Morgan fingerprint density at radius 3 is 2.27 bits per heavy atom. The molecule has 8 heteroatoms. The van der Waals surface area contributed by atoms with E-state index in [1.54, 1.807) is 29.2 Å². The second kappa shape index (κ2) is 8.08. The molecule has 1 atom stereocenters. The highest BCUT2D eigenvalue weighted by atomic mass is 16.2. The van der Waals surface area contributed by atoms with Gasteiger partial charge in [0.1, 0.15) is 5.54 Å². The number of carbonyl (C=O) groups excluding carboxylic acids is 4. The van der Waals surface area contributed by atoms with Crippen LogP contribution < -0.4 is 10.7 Å². The number of rotatable bonds is 4. The molecule has 2 fully saturated rings. The van der Waals surface area contributed by atoms with Crippen LogP contribution in [-0.2, 0) is 19.9 Å². The Kier molecular flexibility index (Phi) is 5.87. The lowest BCUT2D eigenvalue weighted by Crippen LogP contribution is -2.52. The van der Waals surface area contributed by atoms with Gasteiger partial charge >= 0.3 is 6.03 Å². The van der Waals surface area contributed by atoms with Gasteiger partial charge in [-0.15, -0.1) is 0 Å². The predicted molar refractivity (Wildman–Crippen MR) is 111 cm³/mol. The minimum Gasteiger partial charge on any atom is -0.342 e. The van der Waals surface area contributed by atoms with Gasteiger partial charge < -0.3 is 10.2 Å². The molecule has 30 heavy (non-hydrogen) atoms. The third-order valence-electron chi connectivity index (χ3n) is 5.91. The van der Waals surface area contributed by atoms with Gasteiger partial charge in [0.25, 0.3) is 5.91 Å². The van der Waals surface area contributed by atoms with E-state index >= 15 is 0 Å². The third kappa shape index (κ3) is 3.91. The zero-order valence-corrected chi connectivity index (χ0v) is 18.0. The molecule has 0 unspecified atom stereocenters. The summed E-state index contributed by atoms with van der Waals surface area (Å²) in [4.78, 5) is 52.6. The molecule has 0 radical (unpaired) electrons. The van der Waals surface area contributed by atoms with Crippen molar-refractivity contribution in [3.05, 3.63) is 35.9 Å². The number of hydrazine groups is 1. The fourth-order valence-electron chi connectivity index (χ4n) is 4.06. The maximum absolute atomic E-state index is 13.1. The molecule has 0 aliphatic carbocycles. The van der Waals surface area contributed by atoms with E-state index in [9.17, 15) is 19.2 Å². The van der Waals surface area contributed by atoms with E-state index in [-0.39, 0.29) is 17.7 Å². The molecule has 5 amide bonds. The van der Waals surface area contributed by atoms with Gasteiger partial charge in [0.05, 0.1) is 0 Å². The summed E-state index contributed by atoms with van der Waals surface area (Å²) in [5.74, 6) is -1.16. The SMILES string of the molecule is CC[C@]1(c2ccccc2)NC(=O)N(NC(=O)C2CCN(C(=O)C(C)(C)C)CC2)C1=O. The highest BCUT2D eigenvalue weighted by Gasteiger charge is 2.52. The monoisotopic (exact) mass is 414 g/mol. The number of benzene rings is 1. The highest BCUT2D eigenvalue weighted by Crippen LogP contribution is 2.32. The average Bonchev–Trinajstić information content (AvgIpc) is 2.98. The Labute approximate surface area is 176 Å². The van der Waals surface area contributed by atoms with Gasteiger partial charge in [-0.05, 0) is 24.8 Å². The molecule has 2 N–H and O–H groups in total. The van der Waals surface area contributed by atoms with Crippen LogP contribution in [0.15, 0.2) is 30.3 Å². The van der Waals surface area contributed by atoms with Gasteiger partial charge in [-0.25, -0.2) is 4.79 Å². The molecule has 2 aliphatic heterocycles. The van der Waals surface area contributed by atoms with Crippen LogP contribution in [-0.4, -0.2) is 46.8 Å². The molecule has 0 spiro atoms. The number of carbonyl (C=O) groups is 4. The Morgan fingerprint density at radius 2 is 1.73 bits per heavy atom. The largest absolute Gasteiger partial charge is 0.344 e. The van der Waals surface area contributed by atoms with Crippen molar-refractivity contribution in [2.24, 2.45) is 11.3 Å². The second-order valence-corrected chi connectivity index (χ2v) is 8.99. The Bertz CT molecular complexity index is 840. The maximum atomic E-state index is 13.1. The van der Waals surface area contributed by atoms with Gasteiger partial charge in [0.2, 0.25) is 11.8 Å². The number of hydrogen-bond acceptors (Lipinski definition) is 4. The molecule has 0 aromatic heterocycles. The second-order valence-electron chi connectivity index (χ2n) is 8.99. The summed E-state index contributed by atoms with van der Waals surface area (Å²) in [7, 11) is 0. The summed E-state index contributed by atoms with van der Waals surface area (Å²) in [6.07, 6.45) is 1.35. The normalized spacial score (nSPS) is 22.8. The first-order valence-electron chi connectivity index (χ1n) is 10.4. The minimum atomic E-state index is -1.19. The van der Waals surface area contributed by atoms with Gasteiger partial charge in [-0.3, -0.25) is 19.8 Å². The van der Waals surface area contributed by atoms with Crippen molar-refractivity contribution < 1.29 is 19.2 Å². The fraction of sp³-hybridized carbons (Fsp3) is 0.545. The average molecular weight is 415 g/mol. The molecule has 1 aromatic rings. The van der Waals surface area contributed by atoms with Crippen molar-refractivity contribution in [2.75, 3.05) is 13.1 Å². The van der Waals surface area contributed by atoms with Crippen molar-refractivity contribution in [1.82, 2.24) is 20.7 Å². The van der Waals surface area contributed by atoms with Crippen LogP contribution >= 0.6 is 0 Å². The summed E-state index contributed by atoms with van der Waals surface area (Å²) in [5.41, 5.74) is 1.54. The van der Waals surface area contributed by atoms with Crippen LogP contribution in [0.25, 0.3) is 0 Å². The van der Waals surface area contributed by atoms with Crippen LogP contribution in [0.1, 0.15) is 52.5 Å². The molecule has 3 rings (SSSR count). The van der Waals surface area contributed by atoms with Crippen LogP contribution in [0, 0.1) is 11.3 Å². The highest BCUT2D eigenvalue weighted by molar-refractivity contribution is 6.08. The lowest BCUT2D eigenvalue weighted by Gasteiger charge is -2.35. The van der Waals surface area contributed by atoms with Crippen molar-refractivity contribution in [3.8, 4) is 0 Å². The number of amides is 5. The standard InChI is InChI=1S/C22H30N4O4/c1-5-22(16-9-7-6-8-10-16)19(29)26(20(30)23-22)24-17(27)15-11-13-25(14-12-15)18(28)21(2,3)4/h6-10,15H,5,11-14H2,1-4H3,(H,23,30)(H,24,27)/t22-/m1/s1. The van der Waals surface area contributed by atoms with Crippen molar-refractivity contribution in [3.63, 3.8) is 0 Å². The predicted octanol–water partition coefficient (Wildman–Crippen LogP) is 2.16. The first-order valence-corrected chi connectivity index (χ1v) is 10.4. The molecule has 2 saturated heterocycles. The molecule has 1 aromatic carbocycles. The van der Waals surface area contributed by atoms with Crippen LogP contribution in [0.4, 0.5) is 4.79 Å². The van der Waals surface area contributed by atoms with E-state index in [0.29, 0.717) is 37.9 Å². The van der Waals surface area contributed by atoms with Gasteiger partial charge in [0.15, 0.2) is 0 Å². The number of likely N-dealkylation sites (tertiary alicyclic amines) is 1. The molecule has 2 aliphatic rings. The molecule has 8 nitrogen and oxygen atoms in total. The van der Waals surface area contributed by atoms with E-state index in [1.165, 1.54) is 0 Å². The summed E-state index contributed by atoms with van der Waals surface area (Å²) >= 11 is 0. The summed E-state index contributed by atoms with van der Waals surface area (Å²) in [5, 5.41) is 3.55. The van der Waals surface area contributed by atoms with E-state index in [2.05, 4.69) is 10.7 Å². The fourth-order valence-corrected chi connectivity index (χ4v) is 4.06. The molecular weight excluding hydrogens is 384 g/mol. The van der Waals surface area contributed by atoms with Crippen molar-refractivity contribution in [1.29, 1.82) is 0 Å². The van der Waals surface area contributed by atoms with Gasteiger partial charge in [-0.1, -0.05) is 58.0 Å². The first-order chi connectivity index (χ1) is 14.1. The molecule has 2 heterocycles. The maximum Gasteiger partial charge on any atom is 0.344 e. The van der Waals surface area contributed by atoms with Crippen LogP contribution in [0.3, 0.4) is 0 Å². The third-order valence-corrected chi connectivity index (χ3v) is 5.91. The van der Waals surface area contributed by atoms with Crippen LogP contribution in [0.5, 0.6) is 0 Å². The lowest BCUT2D eigenvalue weighted by molar-refractivity contribution is -0.144. The molecule has 162 valence electrons. The number of urea groups is 1. The number of imide groups is 1. The summed E-state index contributed by atoms with van der Waals surface area (Å²) < 4.78 is 0. The van der Waals surface area contributed by atoms with E-state index in [4.69, 9.17) is 0 Å². The number of nitrogens with zero attached hydrogens (tertiary/aromatic N) is 2. The number of nitrogens with one attached hydrogen (secondary N) is 2. The number of hydrogen-bond donors (Lipinski definition) is 2. The lowest BCUT2D eigenvalue weighted by atomic mass is 9.87. The van der Waals surface area contributed by atoms with Gasteiger partial charge in [0, 0.05) is 24.4 Å². The zero-order valence-electron chi connectivity index (χ0n) is 18.0. The summed E-state index contributed by atoms with van der Waals surface area (Å²) in [6.45, 7) is 8.41. The Balaban J connectivity index is 1.66. The Morgan fingerprint density at radius 1 is 1.13 bits per heavy atom. The van der Waals surface area contributed by atoms with E-state index < -0.39 is 22.9 Å². The van der Waals surface area contributed by atoms with Crippen molar-refractivity contribution >= 4 is 23.8 Å². The molecule has 0 bridgehead atoms. The zero-order chi connectivity index (χ0) is 22.1. The van der Waals surface area contributed by atoms with Crippen LogP contribution in [0.2, 0.25) is 0 Å². The number of piperidine rings is 1. The smallest absolute Gasteiger partial charge is 0.342 e. The quantitative estimate of drug-likeness (QED) is 0.738. The minimum absolute atomic E-state index is 0.0612. The van der Waals surface area contributed by atoms with E-state index in [1.807, 2.05) is 33.8 Å². The van der Waals surface area contributed by atoms with Crippen molar-refractivity contribution in [2.45, 2.75) is 52.5 Å². The topological polar surface area (TPSA) is 98.8 Å². The van der Waals surface area contributed by atoms with E-state index in [0.717, 1.165) is 5.01 Å². The molecular formula is C22H30N4O4. The Hall–Kier alpha value is -2.90. The van der Waals surface area contributed by atoms with Gasteiger partial charge in [-0.2, -0.15) is 5.01 Å².